The van der Waals surface area contributed by atoms with Crippen LogP contribution in [0, 0.1) is 5.82 Å². The molecule has 9 heteroatoms. The number of aromatic nitrogens is 2. The Hall–Kier alpha value is -2.94. The molecular formula is C19H24FN5O3. The largest absolute Gasteiger partial charge is 0.394 e. The molecule has 0 bridgehead atoms. The first-order chi connectivity index (χ1) is 13.4. The lowest BCUT2D eigenvalue weighted by Crippen LogP contribution is -2.46. The number of anilines is 1. The van der Waals surface area contributed by atoms with Crippen LogP contribution in [0.4, 0.5) is 14.9 Å². The molecule has 3 N–H and O–H groups in total. The minimum absolute atomic E-state index is 0.000217. The van der Waals surface area contributed by atoms with Crippen LogP contribution in [-0.4, -0.2) is 57.0 Å². The van der Waals surface area contributed by atoms with Crippen molar-refractivity contribution in [2.45, 2.75) is 38.4 Å². The van der Waals surface area contributed by atoms with E-state index in [9.17, 15) is 19.1 Å². The Labute approximate surface area is 162 Å². The SMILES string of the molecule is CC(C)NC(=O)N1C[C@@H](n2cc(NC(=O)c3cccc(F)c3)cn2)C[C@H]1CO. The van der Waals surface area contributed by atoms with E-state index in [-0.39, 0.29) is 36.3 Å². The summed E-state index contributed by atoms with van der Waals surface area (Å²) >= 11 is 0. The molecule has 3 amide bonds. The van der Waals surface area contributed by atoms with Gasteiger partial charge in [-0.05, 0) is 38.5 Å². The van der Waals surface area contributed by atoms with Gasteiger partial charge in [0.15, 0.2) is 0 Å². The van der Waals surface area contributed by atoms with Crippen molar-refractivity contribution in [3.05, 3.63) is 48.0 Å². The van der Waals surface area contributed by atoms with Crippen molar-refractivity contribution in [3.63, 3.8) is 0 Å². The van der Waals surface area contributed by atoms with Crippen molar-refractivity contribution in [3.8, 4) is 0 Å². The maximum atomic E-state index is 13.3. The molecule has 0 spiro atoms. The van der Waals surface area contributed by atoms with Crippen LogP contribution in [0.25, 0.3) is 0 Å². The normalized spacial score (nSPS) is 19.1. The number of carbonyl (C=O) groups is 2. The number of benzene rings is 1. The molecule has 2 heterocycles. The van der Waals surface area contributed by atoms with Gasteiger partial charge in [0.1, 0.15) is 5.82 Å². The summed E-state index contributed by atoms with van der Waals surface area (Å²) in [6.07, 6.45) is 3.73. The number of nitrogens with zero attached hydrogens (tertiary/aromatic N) is 3. The maximum Gasteiger partial charge on any atom is 0.317 e. The molecule has 1 fully saturated rings. The summed E-state index contributed by atoms with van der Waals surface area (Å²) < 4.78 is 14.9. The number of rotatable bonds is 5. The number of nitrogens with one attached hydrogen (secondary N) is 2. The van der Waals surface area contributed by atoms with Crippen molar-refractivity contribution in [2.75, 3.05) is 18.5 Å². The summed E-state index contributed by atoms with van der Waals surface area (Å²) in [5.41, 5.74) is 0.686. The Morgan fingerprint density at radius 3 is 2.86 bits per heavy atom. The zero-order valence-corrected chi connectivity index (χ0v) is 15.8. The third-order valence-electron chi connectivity index (χ3n) is 4.60. The van der Waals surface area contributed by atoms with Crippen LogP contribution in [0.15, 0.2) is 36.7 Å². The van der Waals surface area contributed by atoms with Gasteiger partial charge in [-0.1, -0.05) is 6.07 Å². The number of likely N-dealkylation sites (tertiary alicyclic amines) is 1. The highest BCUT2D eigenvalue weighted by Crippen LogP contribution is 2.27. The Balaban J connectivity index is 1.66. The zero-order chi connectivity index (χ0) is 20.3. The third kappa shape index (κ3) is 4.48. The van der Waals surface area contributed by atoms with Gasteiger partial charge in [0, 0.05) is 24.3 Å². The summed E-state index contributed by atoms with van der Waals surface area (Å²) in [5.74, 6) is -0.916. The van der Waals surface area contributed by atoms with E-state index in [0.717, 1.165) is 6.07 Å². The minimum Gasteiger partial charge on any atom is -0.394 e. The summed E-state index contributed by atoms with van der Waals surface area (Å²) in [4.78, 5) is 26.2. The number of urea groups is 1. The van der Waals surface area contributed by atoms with Crippen LogP contribution < -0.4 is 10.6 Å². The minimum atomic E-state index is -0.482. The van der Waals surface area contributed by atoms with Gasteiger partial charge in [0.25, 0.3) is 5.91 Å². The zero-order valence-electron chi connectivity index (χ0n) is 15.8. The molecule has 0 saturated carbocycles. The van der Waals surface area contributed by atoms with E-state index < -0.39 is 11.7 Å². The fourth-order valence-electron chi connectivity index (χ4n) is 3.27. The monoisotopic (exact) mass is 389 g/mol. The third-order valence-corrected chi connectivity index (χ3v) is 4.60. The summed E-state index contributed by atoms with van der Waals surface area (Å²) in [6, 6.07) is 4.80. The average molecular weight is 389 g/mol. The number of carbonyl (C=O) groups excluding carboxylic acids is 2. The van der Waals surface area contributed by atoms with Crippen LogP contribution in [0.2, 0.25) is 0 Å². The standard InChI is InChI=1S/C19H24FN5O3/c1-12(2)22-19(28)24-10-16(7-17(24)11-26)25-9-15(8-21-25)23-18(27)13-4-3-5-14(20)6-13/h3-6,8-9,12,16-17,26H,7,10-11H2,1-2H3,(H,22,28)(H,23,27)/t16-,17-/m0/s1. The van der Waals surface area contributed by atoms with Gasteiger partial charge in [0.2, 0.25) is 0 Å². The molecule has 1 saturated heterocycles. The predicted octanol–water partition coefficient (Wildman–Crippen LogP) is 2.00. The smallest absolute Gasteiger partial charge is 0.317 e. The highest BCUT2D eigenvalue weighted by atomic mass is 19.1. The first-order valence-electron chi connectivity index (χ1n) is 9.16. The van der Waals surface area contributed by atoms with Gasteiger partial charge < -0.3 is 20.6 Å². The average Bonchev–Trinajstić information content (AvgIpc) is 3.27. The highest BCUT2D eigenvalue weighted by Gasteiger charge is 2.36. The molecule has 0 unspecified atom stereocenters. The number of hydrogen-bond donors (Lipinski definition) is 3. The molecule has 2 atom stereocenters. The molecule has 1 aromatic carbocycles. The second-order valence-electron chi connectivity index (χ2n) is 7.16. The van der Waals surface area contributed by atoms with E-state index in [4.69, 9.17) is 0 Å². The Kier molecular flexibility index (Phi) is 5.93. The van der Waals surface area contributed by atoms with E-state index in [1.54, 1.807) is 15.8 Å². The lowest BCUT2D eigenvalue weighted by atomic mass is 10.2. The first-order valence-corrected chi connectivity index (χ1v) is 9.16. The molecule has 1 aromatic heterocycles. The van der Waals surface area contributed by atoms with E-state index in [0.29, 0.717) is 18.7 Å². The topological polar surface area (TPSA) is 99.5 Å². The second kappa shape index (κ2) is 8.39. The fraction of sp³-hybridized carbons (Fsp3) is 0.421. The number of aliphatic hydroxyl groups is 1. The maximum absolute atomic E-state index is 13.3. The number of hydrogen-bond acceptors (Lipinski definition) is 4. The fourth-order valence-corrected chi connectivity index (χ4v) is 3.27. The lowest BCUT2D eigenvalue weighted by Gasteiger charge is -2.24. The van der Waals surface area contributed by atoms with E-state index in [2.05, 4.69) is 15.7 Å². The lowest BCUT2D eigenvalue weighted by molar-refractivity contribution is 0.102. The van der Waals surface area contributed by atoms with Crippen molar-refractivity contribution in [2.24, 2.45) is 0 Å². The number of aliphatic hydroxyl groups excluding tert-OH is 1. The predicted molar refractivity (Wildman–Crippen MR) is 101 cm³/mol. The Morgan fingerprint density at radius 2 is 2.18 bits per heavy atom. The summed E-state index contributed by atoms with van der Waals surface area (Å²) in [7, 11) is 0. The van der Waals surface area contributed by atoms with Gasteiger partial charge >= 0.3 is 6.03 Å². The van der Waals surface area contributed by atoms with Crippen LogP contribution in [0.5, 0.6) is 0 Å². The number of halogens is 1. The van der Waals surface area contributed by atoms with Gasteiger partial charge in [-0.15, -0.1) is 0 Å². The van der Waals surface area contributed by atoms with Crippen LogP contribution in [0.3, 0.4) is 0 Å². The molecule has 8 nitrogen and oxygen atoms in total. The highest BCUT2D eigenvalue weighted by molar-refractivity contribution is 6.04. The number of amides is 3. The molecule has 1 aliphatic rings. The molecule has 0 aliphatic carbocycles. The van der Waals surface area contributed by atoms with Gasteiger partial charge in [-0.2, -0.15) is 5.10 Å². The quantitative estimate of drug-likeness (QED) is 0.728. The van der Waals surface area contributed by atoms with Crippen molar-refractivity contribution in [1.82, 2.24) is 20.0 Å². The van der Waals surface area contributed by atoms with Crippen molar-refractivity contribution in [1.29, 1.82) is 0 Å². The molecule has 150 valence electrons. The van der Waals surface area contributed by atoms with E-state index >= 15 is 0 Å². The van der Waals surface area contributed by atoms with Crippen LogP contribution in [0.1, 0.15) is 36.7 Å². The van der Waals surface area contributed by atoms with Crippen molar-refractivity contribution < 1.29 is 19.1 Å². The molecule has 28 heavy (non-hydrogen) atoms. The van der Waals surface area contributed by atoms with E-state index in [1.807, 2.05) is 13.8 Å². The van der Waals surface area contributed by atoms with Crippen LogP contribution in [-0.2, 0) is 0 Å². The van der Waals surface area contributed by atoms with Crippen LogP contribution >= 0.6 is 0 Å². The van der Waals surface area contributed by atoms with Gasteiger partial charge in [-0.3, -0.25) is 9.48 Å². The van der Waals surface area contributed by atoms with Crippen molar-refractivity contribution >= 4 is 17.6 Å². The molecule has 0 radical (unpaired) electrons. The Morgan fingerprint density at radius 1 is 1.39 bits per heavy atom. The van der Waals surface area contributed by atoms with Gasteiger partial charge in [-0.25, -0.2) is 9.18 Å². The molecule has 3 rings (SSSR count). The second-order valence-corrected chi connectivity index (χ2v) is 7.16. The first kappa shape index (κ1) is 19.8. The molecule has 1 aliphatic heterocycles. The Bertz CT molecular complexity index is 854. The molecule has 2 aromatic rings. The summed E-state index contributed by atoms with van der Waals surface area (Å²) in [5, 5.41) is 19.4. The van der Waals surface area contributed by atoms with E-state index in [1.165, 1.54) is 24.4 Å². The van der Waals surface area contributed by atoms with Gasteiger partial charge in [0.05, 0.1) is 30.6 Å². The molecular weight excluding hydrogens is 365 g/mol. The summed E-state index contributed by atoms with van der Waals surface area (Å²) in [6.45, 7) is 4.02.